The highest BCUT2D eigenvalue weighted by Gasteiger charge is 2.22. The van der Waals surface area contributed by atoms with Crippen LogP contribution in [0.4, 0.5) is 0 Å². The Kier molecular flexibility index (Phi) is 3.60. The second-order valence-electron chi connectivity index (χ2n) is 3.93. The van der Waals surface area contributed by atoms with E-state index in [0.29, 0.717) is 6.04 Å². The molecule has 0 saturated carbocycles. The minimum Gasteiger partial charge on any atom is -0.310 e. The van der Waals surface area contributed by atoms with Crippen molar-refractivity contribution >= 4 is 15.9 Å². The first-order valence-corrected chi connectivity index (χ1v) is 6.24. The third-order valence-electron chi connectivity index (χ3n) is 2.95. The van der Waals surface area contributed by atoms with Crippen LogP contribution in [0.3, 0.4) is 0 Å². The van der Waals surface area contributed by atoms with E-state index in [-0.39, 0.29) is 0 Å². The Morgan fingerprint density at radius 2 is 2.40 bits per heavy atom. The molecular formula is C13H16BrN. The lowest BCUT2D eigenvalue weighted by atomic mass is 10.1. The van der Waals surface area contributed by atoms with Crippen molar-refractivity contribution in [1.82, 2.24) is 5.32 Å². The molecule has 0 aliphatic heterocycles. The van der Waals surface area contributed by atoms with Crippen molar-refractivity contribution in [2.45, 2.75) is 25.3 Å². The Morgan fingerprint density at radius 3 is 3.20 bits per heavy atom. The fraction of sp³-hybridized carbons (Fsp3) is 0.385. The number of halogens is 1. The summed E-state index contributed by atoms with van der Waals surface area (Å²) in [5.41, 5.74) is 2.95. The van der Waals surface area contributed by atoms with Gasteiger partial charge in [0.25, 0.3) is 0 Å². The number of benzene rings is 1. The Balaban J connectivity index is 2.08. The van der Waals surface area contributed by atoms with Crippen molar-refractivity contribution < 1.29 is 0 Å². The Bertz CT molecular complexity index is 360. The summed E-state index contributed by atoms with van der Waals surface area (Å²) in [6.07, 6.45) is 5.40. The largest absolute Gasteiger partial charge is 0.310 e. The SMILES string of the molecule is C=CCCNC1CCc2c(Br)cccc21. The Morgan fingerprint density at radius 1 is 1.53 bits per heavy atom. The molecule has 1 aliphatic carbocycles. The molecule has 0 bridgehead atoms. The van der Waals surface area contributed by atoms with Crippen molar-refractivity contribution in [3.63, 3.8) is 0 Å². The first-order chi connectivity index (χ1) is 7.33. The van der Waals surface area contributed by atoms with Crippen LogP contribution in [0.2, 0.25) is 0 Å². The van der Waals surface area contributed by atoms with E-state index in [1.165, 1.54) is 28.4 Å². The molecule has 0 spiro atoms. The van der Waals surface area contributed by atoms with Crippen molar-refractivity contribution in [2.75, 3.05) is 6.54 Å². The maximum absolute atomic E-state index is 3.74. The lowest BCUT2D eigenvalue weighted by Crippen LogP contribution is -2.19. The lowest BCUT2D eigenvalue weighted by molar-refractivity contribution is 0.537. The third kappa shape index (κ3) is 2.32. The molecule has 2 heteroatoms. The smallest absolute Gasteiger partial charge is 0.0326 e. The standard InChI is InChI=1S/C13H16BrN/c1-2-3-9-15-13-8-7-10-11(13)5-4-6-12(10)14/h2,4-6,13,15H,1,3,7-9H2. The molecule has 0 radical (unpaired) electrons. The molecule has 1 N–H and O–H groups in total. The van der Waals surface area contributed by atoms with E-state index in [1.807, 2.05) is 6.08 Å². The molecule has 0 heterocycles. The molecule has 0 aromatic heterocycles. The van der Waals surface area contributed by atoms with Gasteiger partial charge in [0, 0.05) is 10.5 Å². The van der Waals surface area contributed by atoms with Gasteiger partial charge in [-0.3, -0.25) is 0 Å². The Hall–Kier alpha value is -0.600. The molecule has 80 valence electrons. The van der Waals surface area contributed by atoms with Crippen LogP contribution in [0, 0.1) is 0 Å². The van der Waals surface area contributed by atoms with Gasteiger partial charge in [0.05, 0.1) is 0 Å². The van der Waals surface area contributed by atoms with Gasteiger partial charge >= 0.3 is 0 Å². The summed E-state index contributed by atoms with van der Waals surface area (Å²) in [6, 6.07) is 7.03. The number of hydrogen-bond acceptors (Lipinski definition) is 1. The number of nitrogens with one attached hydrogen (secondary N) is 1. The molecular weight excluding hydrogens is 250 g/mol. The van der Waals surface area contributed by atoms with Gasteiger partial charge in [-0.05, 0) is 43.0 Å². The molecule has 1 aromatic rings. The van der Waals surface area contributed by atoms with Crippen LogP contribution in [0.5, 0.6) is 0 Å². The summed E-state index contributed by atoms with van der Waals surface area (Å²) < 4.78 is 1.26. The Labute approximate surface area is 99.7 Å². The van der Waals surface area contributed by atoms with Gasteiger partial charge in [0.15, 0.2) is 0 Å². The molecule has 15 heavy (non-hydrogen) atoms. The normalized spacial score (nSPS) is 18.9. The summed E-state index contributed by atoms with van der Waals surface area (Å²) in [7, 11) is 0. The van der Waals surface area contributed by atoms with E-state index >= 15 is 0 Å². The highest BCUT2D eigenvalue weighted by Crippen LogP contribution is 2.35. The third-order valence-corrected chi connectivity index (χ3v) is 3.70. The van der Waals surface area contributed by atoms with Crippen LogP contribution < -0.4 is 5.32 Å². The van der Waals surface area contributed by atoms with Crippen LogP contribution in [0.25, 0.3) is 0 Å². The van der Waals surface area contributed by atoms with E-state index < -0.39 is 0 Å². The predicted molar refractivity (Wildman–Crippen MR) is 68.0 cm³/mol. The minimum absolute atomic E-state index is 0.539. The molecule has 1 aliphatic rings. The summed E-state index contributed by atoms with van der Waals surface area (Å²) in [6.45, 7) is 4.76. The first-order valence-electron chi connectivity index (χ1n) is 5.44. The van der Waals surface area contributed by atoms with Crippen LogP contribution in [-0.2, 0) is 6.42 Å². The number of hydrogen-bond donors (Lipinski definition) is 1. The maximum atomic E-state index is 3.74. The van der Waals surface area contributed by atoms with Crippen LogP contribution in [0.1, 0.15) is 30.0 Å². The van der Waals surface area contributed by atoms with Crippen molar-refractivity contribution in [2.24, 2.45) is 0 Å². The average molecular weight is 266 g/mol. The highest BCUT2D eigenvalue weighted by atomic mass is 79.9. The van der Waals surface area contributed by atoms with Crippen LogP contribution in [0.15, 0.2) is 35.3 Å². The van der Waals surface area contributed by atoms with Gasteiger partial charge in [0.1, 0.15) is 0 Å². The predicted octanol–water partition coefficient (Wildman–Crippen LogP) is 3.60. The molecule has 1 unspecified atom stereocenters. The number of rotatable bonds is 4. The minimum atomic E-state index is 0.539. The van der Waals surface area contributed by atoms with Gasteiger partial charge in [-0.25, -0.2) is 0 Å². The van der Waals surface area contributed by atoms with Crippen LogP contribution >= 0.6 is 15.9 Å². The van der Waals surface area contributed by atoms with E-state index in [0.717, 1.165) is 13.0 Å². The van der Waals surface area contributed by atoms with Crippen LogP contribution in [-0.4, -0.2) is 6.54 Å². The average Bonchev–Trinajstić information content (AvgIpc) is 2.64. The molecule has 1 atom stereocenters. The zero-order valence-corrected chi connectivity index (χ0v) is 10.4. The summed E-state index contributed by atoms with van der Waals surface area (Å²) in [4.78, 5) is 0. The van der Waals surface area contributed by atoms with Gasteiger partial charge in [-0.1, -0.05) is 34.1 Å². The van der Waals surface area contributed by atoms with E-state index in [4.69, 9.17) is 0 Å². The molecule has 0 saturated heterocycles. The fourth-order valence-electron chi connectivity index (χ4n) is 2.18. The summed E-state index contributed by atoms with van der Waals surface area (Å²) in [5.74, 6) is 0. The topological polar surface area (TPSA) is 12.0 Å². The molecule has 0 amide bonds. The quantitative estimate of drug-likeness (QED) is 0.648. The molecule has 0 fully saturated rings. The van der Waals surface area contributed by atoms with E-state index in [9.17, 15) is 0 Å². The highest BCUT2D eigenvalue weighted by molar-refractivity contribution is 9.10. The van der Waals surface area contributed by atoms with E-state index in [2.05, 4.69) is 46.0 Å². The zero-order valence-electron chi connectivity index (χ0n) is 8.80. The fourth-order valence-corrected chi connectivity index (χ4v) is 2.76. The van der Waals surface area contributed by atoms with Crippen molar-refractivity contribution in [3.05, 3.63) is 46.5 Å². The second-order valence-corrected chi connectivity index (χ2v) is 4.78. The molecule has 1 nitrogen and oxygen atoms in total. The number of fused-ring (bicyclic) bond motifs is 1. The summed E-state index contributed by atoms with van der Waals surface area (Å²) in [5, 5.41) is 3.57. The molecule has 2 rings (SSSR count). The van der Waals surface area contributed by atoms with E-state index in [1.54, 1.807) is 0 Å². The second kappa shape index (κ2) is 4.95. The van der Waals surface area contributed by atoms with Gasteiger partial charge in [-0.15, -0.1) is 6.58 Å². The zero-order chi connectivity index (χ0) is 10.7. The molecule has 1 aromatic carbocycles. The monoisotopic (exact) mass is 265 g/mol. The van der Waals surface area contributed by atoms with Gasteiger partial charge in [-0.2, -0.15) is 0 Å². The lowest BCUT2D eigenvalue weighted by Gasteiger charge is -2.13. The maximum Gasteiger partial charge on any atom is 0.0326 e. The van der Waals surface area contributed by atoms with Gasteiger partial charge < -0.3 is 5.32 Å². The van der Waals surface area contributed by atoms with Crippen molar-refractivity contribution in [1.29, 1.82) is 0 Å². The van der Waals surface area contributed by atoms with Crippen molar-refractivity contribution in [3.8, 4) is 0 Å². The summed E-state index contributed by atoms with van der Waals surface area (Å²) >= 11 is 3.61. The first kappa shape index (κ1) is 10.9. The van der Waals surface area contributed by atoms with Gasteiger partial charge in [0.2, 0.25) is 0 Å².